The van der Waals surface area contributed by atoms with Crippen LogP contribution in [0.4, 0.5) is 5.69 Å². The SMILES string of the molecule is COCC(=O)O.NC1CCCCC1.NCCCC[C@H](N)C(=O)O.O=Cc1ccc([N+](=O)[O-])cc1. The summed E-state index contributed by atoms with van der Waals surface area (Å²) in [6.45, 7) is 0.395. The van der Waals surface area contributed by atoms with Crippen molar-refractivity contribution in [3.8, 4) is 0 Å². The molecule has 8 N–H and O–H groups in total. The summed E-state index contributed by atoms with van der Waals surface area (Å²) in [5.41, 5.74) is 16.5. The highest BCUT2D eigenvalue weighted by atomic mass is 16.6. The second kappa shape index (κ2) is 21.9. The molecule has 0 unspecified atom stereocenters. The van der Waals surface area contributed by atoms with E-state index >= 15 is 0 Å². The molecule has 1 aromatic carbocycles. The molecule has 34 heavy (non-hydrogen) atoms. The topological polar surface area (TPSA) is 222 Å². The molecule has 1 atom stereocenters. The van der Waals surface area contributed by atoms with E-state index in [0.29, 0.717) is 30.9 Å². The number of rotatable bonds is 9. The first-order valence-electron chi connectivity index (χ1n) is 10.9. The van der Waals surface area contributed by atoms with Gasteiger partial charge in [-0.1, -0.05) is 25.7 Å². The number of carbonyl (C=O) groups is 3. The van der Waals surface area contributed by atoms with Gasteiger partial charge in [-0.05, 0) is 44.4 Å². The molecule has 1 saturated carbocycles. The van der Waals surface area contributed by atoms with Crippen LogP contribution in [0, 0.1) is 10.1 Å². The van der Waals surface area contributed by atoms with E-state index < -0.39 is 22.9 Å². The summed E-state index contributed by atoms with van der Waals surface area (Å²) in [5, 5.41) is 26.2. The molecule has 0 aliphatic heterocycles. The maximum atomic E-state index is 10.1. The summed E-state index contributed by atoms with van der Waals surface area (Å²) < 4.78 is 4.20. The Morgan fingerprint density at radius 2 is 1.74 bits per heavy atom. The lowest BCUT2D eigenvalue weighted by atomic mass is 9.97. The zero-order valence-corrected chi connectivity index (χ0v) is 19.6. The van der Waals surface area contributed by atoms with E-state index in [1.165, 1.54) is 63.5 Å². The lowest BCUT2D eigenvalue weighted by Crippen LogP contribution is -2.29. The number of nitrogens with two attached hydrogens (primary N) is 3. The van der Waals surface area contributed by atoms with Crippen molar-refractivity contribution < 1.29 is 34.3 Å². The van der Waals surface area contributed by atoms with E-state index in [4.69, 9.17) is 27.4 Å². The van der Waals surface area contributed by atoms with Crippen molar-refractivity contribution in [1.29, 1.82) is 0 Å². The van der Waals surface area contributed by atoms with Gasteiger partial charge in [0.15, 0.2) is 0 Å². The molecular formula is C22H38N4O8. The fraction of sp³-hybridized carbons (Fsp3) is 0.591. The average molecular weight is 487 g/mol. The monoisotopic (exact) mass is 486 g/mol. The lowest BCUT2D eigenvalue weighted by Gasteiger charge is -2.15. The Hall–Kier alpha value is -2.93. The Morgan fingerprint density at radius 1 is 1.18 bits per heavy atom. The molecule has 1 aliphatic rings. The van der Waals surface area contributed by atoms with Gasteiger partial charge < -0.3 is 32.2 Å². The Kier molecular flexibility index (Phi) is 21.4. The lowest BCUT2D eigenvalue weighted by molar-refractivity contribution is -0.384. The number of benzene rings is 1. The van der Waals surface area contributed by atoms with Gasteiger partial charge in [0.1, 0.15) is 18.9 Å². The number of ether oxygens (including phenoxy) is 1. The standard InChI is InChI=1S/C7H5NO3.C6H14N2O2.C6H13N.C3H6O3/c9-5-6-1-3-7(4-2-6)8(10)11;7-4-2-1-3-5(8)6(9)10;7-6-4-2-1-3-5-6;1-6-2-3(4)5/h1-5H;5H,1-4,7-8H2,(H,9,10);6H,1-5,7H2;2H2,1H3,(H,4,5)/t;5-;;/m.0../s1. The number of non-ortho nitro benzene ring substituents is 1. The molecule has 1 fully saturated rings. The van der Waals surface area contributed by atoms with Gasteiger partial charge in [0.2, 0.25) is 0 Å². The zero-order chi connectivity index (χ0) is 26.4. The minimum Gasteiger partial charge on any atom is -0.480 e. The van der Waals surface area contributed by atoms with Gasteiger partial charge >= 0.3 is 11.9 Å². The molecule has 12 heteroatoms. The number of nitro groups is 1. The Labute approximate surface area is 199 Å². The summed E-state index contributed by atoms with van der Waals surface area (Å²) >= 11 is 0. The number of carboxylic acid groups (broad SMARTS) is 2. The Morgan fingerprint density at radius 3 is 2.03 bits per heavy atom. The van der Waals surface area contributed by atoms with E-state index in [1.54, 1.807) is 0 Å². The van der Waals surface area contributed by atoms with Gasteiger partial charge in [0.05, 0.1) is 4.92 Å². The minimum atomic E-state index is -0.933. The number of aldehydes is 1. The van der Waals surface area contributed by atoms with Crippen LogP contribution in [0.2, 0.25) is 0 Å². The van der Waals surface area contributed by atoms with E-state index in [-0.39, 0.29) is 12.3 Å². The molecule has 2 rings (SSSR count). The van der Waals surface area contributed by atoms with Crippen LogP contribution < -0.4 is 17.2 Å². The predicted molar refractivity (Wildman–Crippen MR) is 128 cm³/mol. The highest BCUT2D eigenvalue weighted by Crippen LogP contribution is 2.14. The maximum absolute atomic E-state index is 10.1. The average Bonchev–Trinajstić information content (AvgIpc) is 2.81. The Bertz CT molecular complexity index is 695. The van der Waals surface area contributed by atoms with Gasteiger partial charge in [-0.2, -0.15) is 0 Å². The number of hydrogen-bond donors (Lipinski definition) is 5. The molecule has 0 spiro atoms. The molecule has 1 aromatic rings. The van der Waals surface area contributed by atoms with Crippen LogP contribution >= 0.6 is 0 Å². The fourth-order valence-electron chi connectivity index (χ4n) is 2.56. The van der Waals surface area contributed by atoms with Crippen molar-refractivity contribution in [3.63, 3.8) is 0 Å². The van der Waals surface area contributed by atoms with Crippen molar-refractivity contribution in [3.05, 3.63) is 39.9 Å². The molecule has 0 radical (unpaired) electrons. The third kappa shape index (κ3) is 20.9. The molecule has 0 saturated heterocycles. The van der Waals surface area contributed by atoms with E-state index in [0.717, 1.165) is 12.8 Å². The first-order valence-corrected chi connectivity index (χ1v) is 10.9. The van der Waals surface area contributed by atoms with E-state index in [2.05, 4.69) is 4.74 Å². The number of unbranched alkanes of at least 4 members (excludes halogenated alkanes) is 1. The number of hydrogen-bond acceptors (Lipinski definition) is 9. The second-order valence-electron chi connectivity index (χ2n) is 7.42. The third-order valence-electron chi connectivity index (χ3n) is 4.44. The summed E-state index contributed by atoms with van der Waals surface area (Å²) in [6.07, 6.45) is 9.47. The number of carbonyl (C=O) groups excluding carboxylic acids is 1. The maximum Gasteiger partial charge on any atom is 0.329 e. The second-order valence-corrected chi connectivity index (χ2v) is 7.42. The molecular weight excluding hydrogens is 448 g/mol. The Balaban J connectivity index is 0. The van der Waals surface area contributed by atoms with Crippen LogP contribution in [-0.4, -0.2) is 65.7 Å². The van der Waals surface area contributed by atoms with Gasteiger partial charge in [-0.25, -0.2) is 4.79 Å². The molecule has 0 bridgehead atoms. The number of carboxylic acids is 2. The van der Waals surface area contributed by atoms with Crippen molar-refractivity contribution in [1.82, 2.24) is 0 Å². The van der Waals surface area contributed by atoms with Crippen LogP contribution in [-0.2, 0) is 14.3 Å². The highest BCUT2D eigenvalue weighted by Gasteiger charge is 2.09. The number of methoxy groups -OCH3 is 1. The van der Waals surface area contributed by atoms with Crippen molar-refractivity contribution in [2.24, 2.45) is 17.2 Å². The normalized spacial score (nSPS) is 13.4. The molecule has 1 aliphatic carbocycles. The first kappa shape index (κ1) is 33.2. The predicted octanol–water partition coefficient (Wildman–Crippen LogP) is 1.93. The quantitative estimate of drug-likeness (QED) is 0.147. The molecule has 0 heterocycles. The van der Waals surface area contributed by atoms with Gasteiger partial charge in [0, 0.05) is 30.8 Å². The van der Waals surface area contributed by atoms with Crippen LogP contribution in [0.5, 0.6) is 0 Å². The highest BCUT2D eigenvalue weighted by molar-refractivity contribution is 5.75. The minimum absolute atomic E-state index is 0.00407. The summed E-state index contributed by atoms with van der Waals surface area (Å²) in [6, 6.07) is 5.23. The molecule has 194 valence electrons. The van der Waals surface area contributed by atoms with Crippen molar-refractivity contribution in [2.45, 2.75) is 63.5 Å². The number of aliphatic carboxylic acids is 2. The number of nitro benzene ring substituents is 1. The van der Waals surface area contributed by atoms with Crippen molar-refractivity contribution >= 4 is 23.9 Å². The van der Waals surface area contributed by atoms with Crippen LogP contribution in [0.15, 0.2) is 24.3 Å². The summed E-state index contributed by atoms with van der Waals surface area (Å²) in [7, 11) is 1.34. The molecule has 12 nitrogen and oxygen atoms in total. The smallest absolute Gasteiger partial charge is 0.329 e. The van der Waals surface area contributed by atoms with Crippen molar-refractivity contribution in [2.75, 3.05) is 20.3 Å². The summed E-state index contributed by atoms with van der Waals surface area (Å²) in [4.78, 5) is 39.3. The largest absolute Gasteiger partial charge is 0.480 e. The molecule has 0 amide bonds. The number of nitrogens with zero attached hydrogens (tertiary/aromatic N) is 1. The van der Waals surface area contributed by atoms with Crippen LogP contribution in [0.25, 0.3) is 0 Å². The van der Waals surface area contributed by atoms with Gasteiger partial charge in [-0.15, -0.1) is 0 Å². The van der Waals surface area contributed by atoms with Crippen LogP contribution in [0.1, 0.15) is 61.7 Å². The molecule has 0 aromatic heterocycles. The van der Waals surface area contributed by atoms with E-state index in [1.807, 2.05) is 0 Å². The summed E-state index contributed by atoms with van der Waals surface area (Å²) in [5.74, 6) is -1.87. The van der Waals surface area contributed by atoms with Crippen LogP contribution in [0.3, 0.4) is 0 Å². The van der Waals surface area contributed by atoms with Gasteiger partial charge in [-0.3, -0.25) is 19.7 Å². The zero-order valence-electron chi connectivity index (χ0n) is 19.6. The first-order chi connectivity index (χ1) is 16.1. The van der Waals surface area contributed by atoms with E-state index in [9.17, 15) is 24.5 Å². The third-order valence-corrected chi connectivity index (χ3v) is 4.44. The fourth-order valence-corrected chi connectivity index (χ4v) is 2.56. The van der Waals surface area contributed by atoms with Gasteiger partial charge in [0.25, 0.3) is 5.69 Å².